The number of rotatable bonds is 7. The van der Waals surface area contributed by atoms with E-state index >= 15 is 0 Å². The number of primary amides is 1. The Bertz CT molecular complexity index is 467. The van der Waals surface area contributed by atoms with Gasteiger partial charge in [-0.2, -0.15) is 0 Å². The zero-order valence-electron chi connectivity index (χ0n) is 16.6. The van der Waals surface area contributed by atoms with Crippen LogP contribution in [-0.2, 0) is 14.3 Å². The number of carbonyl (C=O) groups is 1. The maximum absolute atomic E-state index is 11.5. The minimum absolute atomic E-state index is 0.275. The molecule has 0 aliphatic carbocycles. The predicted octanol–water partition coefficient (Wildman–Crippen LogP) is 1.51. The summed E-state index contributed by atoms with van der Waals surface area (Å²) in [6.07, 6.45) is 6.07. The fourth-order valence-electron chi connectivity index (χ4n) is 3.19. The SMILES string of the molecule is CCNC(=NCC(C)(C)C(N)=O)N1CCC(OCC2CCCCO2)CC1. The molecule has 0 aromatic carbocycles. The highest BCUT2D eigenvalue weighted by molar-refractivity contribution is 5.82. The van der Waals surface area contributed by atoms with E-state index in [0.29, 0.717) is 19.3 Å². The van der Waals surface area contributed by atoms with Crippen LogP contribution in [0.5, 0.6) is 0 Å². The summed E-state index contributed by atoms with van der Waals surface area (Å²) in [5.74, 6) is 0.532. The molecule has 26 heavy (non-hydrogen) atoms. The van der Waals surface area contributed by atoms with E-state index < -0.39 is 5.41 Å². The molecule has 1 unspecified atom stereocenters. The smallest absolute Gasteiger partial charge is 0.224 e. The molecule has 0 saturated carbocycles. The molecular formula is C19H36N4O3. The van der Waals surface area contributed by atoms with Crippen molar-refractivity contribution in [2.45, 2.75) is 65.1 Å². The number of guanidine groups is 1. The molecule has 150 valence electrons. The number of nitrogens with one attached hydrogen (secondary N) is 1. The van der Waals surface area contributed by atoms with E-state index in [9.17, 15) is 4.79 Å². The van der Waals surface area contributed by atoms with Crippen LogP contribution in [0, 0.1) is 5.41 Å². The standard InChI is InChI=1S/C19H36N4O3/c1-4-21-18(22-14-19(2,3)17(20)24)23-10-8-15(9-11-23)26-13-16-7-5-6-12-25-16/h15-16H,4-14H2,1-3H3,(H2,20,24)(H,21,22). The quantitative estimate of drug-likeness (QED) is 0.525. The second kappa shape index (κ2) is 10.1. The normalized spacial score (nSPS) is 23.1. The molecule has 0 radical (unpaired) electrons. The van der Waals surface area contributed by atoms with Crippen LogP contribution in [0.15, 0.2) is 4.99 Å². The van der Waals surface area contributed by atoms with Crippen molar-refractivity contribution in [2.24, 2.45) is 16.1 Å². The lowest BCUT2D eigenvalue weighted by molar-refractivity contribution is -0.125. The van der Waals surface area contributed by atoms with Crippen molar-refractivity contribution in [1.29, 1.82) is 0 Å². The first-order chi connectivity index (χ1) is 12.4. The lowest BCUT2D eigenvalue weighted by atomic mass is 9.93. The van der Waals surface area contributed by atoms with Crippen molar-refractivity contribution in [1.82, 2.24) is 10.2 Å². The van der Waals surface area contributed by atoms with E-state index in [2.05, 4.69) is 22.1 Å². The van der Waals surface area contributed by atoms with Gasteiger partial charge in [-0.05, 0) is 52.9 Å². The zero-order valence-corrected chi connectivity index (χ0v) is 16.6. The van der Waals surface area contributed by atoms with Crippen molar-refractivity contribution in [3.05, 3.63) is 0 Å². The topological polar surface area (TPSA) is 89.2 Å². The highest BCUT2D eigenvalue weighted by atomic mass is 16.5. The van der Waals surface area contributed by atoms with Gasteiger partial charge in [-0.25, -0.2) is 0 Å². The van der Waals surface area contributed by atoms with Gasteiger partial charge < -0.3 is 25.4 Å². The van der Waals surface area contributed by atoms with E-state index in [1.807, 2.05) is 13.8 Å². The maximum Gasteiger partial charge on any atom is 0.224 e. The number of hydrogen-bond acceptors (Lipinski definition) is 4. The molecule has 0 aromatic heterocycles. The van der Waals surface area contributed by atoms with Crippen LogP contribution >= 0.6 is 0 Å². The van der Waals surface area contributed by atoms with Gasteiger partial charge in [0.15, 0.2) is 5.96 Å². The Hall–Kier alpha value is -1.34. The number of aliphatic imine (C=N–C) groups is 1. The van der Waals surface area contributed by atoms with Gasteiger partial charge in [0.25, 0.3) is 0 Å². The Kier molecular flexibility index (Phi) is 8.15. The summed E-state index contributed by atoms with van der Waals surface area (Å²) in [6.45, 7) is 10.3. The first kappa shape index (κ1) is 21.0. The minimum Gasteiger partial charge on any atom is -0.376 e. The molecule has 2 saturated heterocycles. The molecule has 2 aliphatic rings. The Balaban J connectivity index is 1.80. The molecule has 1 amide bonds. The molecule has 2 fully saturated rings. The van der Waals surface area contributed by atoms with Crippen molar-refractivity contribution in [3.63, 3.8) is 0 Å². The molecule has 7 nitrogen and oxygen atoms in total. The van der Waals surface area contributed by atoms with E-state index in [-0.39, 0.29) is 12.0 Å². The molecule has 3 N–H and O–H groups in total. The van der Waals surface area contributed by atoms with E-state index in [1.54, 1.807) is 0 Å². The summed E-state index contributed by atoms with van der Waals surface area (Å²) >= 11 is 0. The highest BCUT2D eigenvalue weighted by Crippen LogP contribution is 2.19. The van der Waals surface area contributed by atoms with Crippen LogP contribution < -0.4 is 11.1 Å². The number of nitrogens with two attached hydrogens (primary N) is 1. The maximum atomic E-state index is 11.5. The molecule has 2 rings (SSSR count). The monoisotopic (exact) mass is 368 g/mol. The highest BCUT2D eigenvalue weighted by Gasteiger charge is 2.27. The van der Waals surface area contributed by atoms with Crippen LogP contribution in [-0.4, -0.2) is 68.4 Å². The zero-order chi connectivity index (χ0) is 19.0. The van der Waals surface area contributed by atoms with Crippen molar-refractivity contribution >= 4 is 11.9 Å². The number of likely N-dealkylation sites (tertiary alicyclic amines) is 1. The van der Waals surface area contributed by atoms with Gasteiger partial charge in [-0.15, -0.1) is 0 Å². The average molecular weight is 369 g/mol. The Morgan fingerprint density at radius 3 is 2.62 bits per heavy atom. The number of hydrogen-bond donors (Lipinski definition) is 2. The molecule has 0 aromatic rings. The van der Waals surface area contributed by atoms with Gasteiger partial charge in [-0.3, -0.25) is 9.79 Å². The van der Waals surface area contributed by atoms with Crippen LogP contribution in [0.1, 0.15) is 52.9 Å². The summed E-state index contributed by atoms with van der Waals surface area (Å²) in [7, 11) is 0. The Morgan fingerprint density at radius 1 is 1.31 bits per heavy atom. The largest absolute Gasteiger partial charge is 0.376 e. The average Bonchev–Trinajstić information content (AvgIpc) is 2.64. The van der Waals surface area contributed by atoms with Crippen LogP contribution in [0.25, 0.3) is 0 Å². The van der Waals surface area contributed by atoms with Crippen molar-refractivity contribution in [2.75, 3.05) is 39.4 Å². The number of amides is 1. The number of piperidine rings is 1. The third-order valence-corrected chi connectivity index (χ3v) is 5.16. The van der Waals surface area contributed by atoms with E-state index in [1.165, 1.54) is 12.8 Å². The molecule has 0 bridgehead atoms. The van der Waals surface area contributed by atoms with Gasteiger partial charge >= 0.3 is 0 Å². The molecule has 7 heteroatoms. The summed E-state index contributed by atoms with van der Waals surface area (Å²) < 4.78 is 11.8. The van der Waals surface area contributed by atoms with Gasteiger partial charge in [0.2, 0.25) is 5.91 Å². The Morgan fingerprint density at radius 2 is 2.04 bits per heavy atom. The second-order valence-electron chi connectivity index (χ2n) is 7.93. The lowest BCUT2D eigenvalue weighted by Crippen LogP contribution is -2.48. The first-order valence-corrected chi connectivity index (χ1v) is 9.98. The number of carbonyl (C=O) groups excluding carboxylic acids is 1. The van der Waals surface area contributed by atoms with Crippen LogP contribution in [0.3, 0.4) is 0 Å². The van der Waals surface area contributed by atoms with Gasteiger partial charge in [0, 0.05) is 26.2 Å². The fourth-order valence-corrected chi connectivity index (χ4v) is 3.19. The molecule has 2 aliphatic heterocycles. The van der Waals surface area contributed by atoms with Crippen LogP contribution in [0.2, 0.25) is 0 Å². The molecular weight excluding hydrogens is 332 g/mol. The summed E-state index contributed by atoms with van der Waals surface area (Å²) in [5.41, 5.74) is 4.82. The molecule has 2 heterocycles. The summed E-state index contributed by atoms with van der Waals surface area (Å²) in [6, 6.07) is 0. The molecule has 1 atom stereocenters. The van der Waals surface area contributed by atoms with E-state index in [4.69, 9.17) is 15.2 Å². The third kappa shape index (κ3) is 6.43. The van der Waals surface area contributed by atoms with Gasteiger partial charge in [-0.1, -0.05) is 0 Å². The summed E-state index contributed by atoms with van der Waals surface area (Å²) in [4.78, 5) is 18.4. The summed E-state index contributed by atoms with van der Waals surface area (Å²) in [5, 5.41) is 3.33. The predicted molar refractivity (Wildman–Crippen MR) is 103 cm³/mol. The number of nitrogens with zero attached hydrogens (tertiary/aromatic N) is 2. The van der Waals surface area contributed by atoms with E-state index in [0.717, 1.165) is 51.5 Å². The van der Waals surface area contributed by atoms with Crippen molar-refractivity contribution in [3.8, 4) is 0 Å². The lowest BCUT2D eigenvalue weighted by Gasteiger charge is -2.35. The van der Waals surface area contributed by atoms with Crippen molar-refractivity contribution < 1.29 is 14.3 Å². The third-order valence-electron chi connectivity index (χ3n) is 5.16. The first-order valence-electron chi connectivity index (χ1n) is 9.98. The van der Waals surface area contributed by atoms with Gasteiger partial charge in [0.1, 0.15) is 0 Å². The van der Waals surface area contributed by atoms with Crippen LogP contribution in [0.4, 0.5) is 0 Å². The minimum atomic E-state index is -0.637. The second-order valence-corrected chi connectivity index (χ2v) is 7.93. The number of ether oxygens (including phenoxy) is 2. The fraction of sp³-hybridized carbons (Fsp3) is 0.895. The molecule has 0 spiro atoms. The Labute approximate surface area is 157 Å². The van der Waals surface area contributed by atoms with Gasteiger partial charge in [0.05, 0.1) is 30.8 Å².